The quantitative estimate of drug-likeness (QED) is 0.711. The minimum absolute atomic E-state index is 0.0497. The molecule has 0 saturated heterocycles. The van der Waals surface area contributed by atoms with E-state index in [9.17, 15) is 0 Å². The largest absolute Gasteiger partial charge is 0.392 e. The van der Waals surface area contributed by atoms with Crippen LogP contribution in [0.5, 0.6) is 0 Å². The van der Waals surface area contributed by atoms with Gasteiger partial charge in [-0.1, -0.05) is 18.7 Å². The average molecular weight is 159 g/mol. The van der Waals surface area contributed by atoms with E-state index in [4.69, 9.17) is 10.4 Å². The Bertz CT molecular complexity index is 319. The molecule has 0 amide bonds. The van der Waals surface area contributed by atoms with Crippen molar-refractivity contribution in [3.8, 4) is 6.07 Å². The number of hydrogen-bond acceptors (Lipinski definition) is 2. The zero-order chi connectivity index (χ0) is 8.97. The Hall–Kier alpha value is -1.59. The maximum atomic E-state index is 8.75. The predicted octanol–water partition coefficient (Wildman–Crippen LogP) is 1.56. The second-order valence-corrected chi connectivity index (χ2v) is 2.45. The Labute approximate surface area is 71.4 Å². The number of aliphatic hydroxyl groups excluding tert-OH is 1. The third-order valence-electron chi connectivity index (χ3n) is 1.61. The summed E-state index contributed by atoms with van der Waals surface area (Å²) in [4.78, 5) is 0. The van der Waals surface area contributed by atoms with Crippen molar-refractivity contribution in [1.29, 1.82) is 5.26 Å². The van der Waals surface area contributed by atoms with Crippen molar-refractivity contribution in [3.05, 3.63) is 42.0 Å². The molecule has 0 aliphatic rings. The summed E-state index contributed by atoms with van der Waals surface area (Å²) in [6.45, 7) is 3.62. The fourth-order valence-corrected chi connectivity index (χ4v) is 0.872. The Balaban J connectivity index is 2.94. The van der Waals surface area contributed by atoms with Gasteiger partial charge >= 0.3 is 0 Å². The summed E-state index contributed by atoms with van der Waals surface area (Å²) in [6.07, 6.45) is 0. The number of nitrogens with zero attached hydrogens (tertiary/aromatic N) is 1. The Morgan fingerprint density at radius 3 is 2.42 bits per heavy atom. The molecule has 0 unspecified atom stereocenters. The predicted molar refractivity (Wildman–Crippen MR) is 47.3 cm³/mol. The second-order valence-electron chi connectivity index (χ2n) is 2.45. The minimum atomic E-state index is -0.0497. The molecule has 0 aliphatic carbocycles. The maximum Gasteiger partial charge on any atom is 0.0991 e. The van der Waals surface area contributed by atoms with E-state index in [1.807, 2.05) is 6.07 Å². The smallest absolute Gasteiger partial charge is 0.0991 e. The van der Waals surface area contributed by atoms with E-state index in [-0.39, 0.29) is 6.61 Å². The van der Waals surface area contributed by atoms with Gasteiger partial charge in [-0.15, -0.1) is 0 Å². The molecule has 0 saturated carbocycles. The van der Waals surface area contributed by atoms with Crippen molar-refractivity contribution in [3.63, 3.8) is 0 Å². The van der Waals surface area contributed by atoms with Crippen LogP contribution in [0.2, 0.25) is 0 Å². The monoisotopic (exact) mass is 159 g/mol. The zero-order valence-corrected chi connectivity index (χ0v) is 6.62. The van der Waals surface area contributed by atoms with Gasteiger partial charge in [0.1, 0.15) is 0 Å². The second kappa shape index (κ2) is 3.70. The highest BCUT2D eigenvalue weighted by atomic mass is 16.3. The first kappa shape index (κ1) is 8.51. The van der Waals surface area contributed by atoms with Gasteiger partial charge in [-0.05, 0) is 23.3 Å². The maximum absolute atomic E-state index is 8.75. The molecule has 0 aliphatic heterocycles. The SMILES string of the molecule is C=C(CO)c1ccc(C#N)cc1. The average Bonchev–Trinajstić information content (AvgIpc) is 2.17. The molecule has 2 heteroatoms. The molecule has 1 aromatic rings. The van der Waals surface area contributed by atoms with Gasteiger partial charge in [0.05, 0.1) is 18.2 Å². The topological polar surface area (TPSA) is 44.0 Å². The normalized spacial score (nSPS) is 9.00. The molecule has 0 heterocycles. The lowest BCUT2D eigenvalue weighted by Crippen LogP contribution is -1.87. The van der Waals surface area contributed by atoms with Crippen molar-refractivity contribution in [2.75, 3.05) is 6.61 Å². The lowest BCUT2D eigenvalue weighted by atomic mass is 10.1. The number of hydrogen-bond donors (Lipinski definition) is 1. The van der Waals surface area contributed by atoms with Crippen LogP contribution in [-0.2, 0) is 0 Å². The van der Waals surface area contributed by atoms with Crippen LogP contribution in [0.4, 0.5) is 0 Å². The van der Waals surface area contributed by atoms with E-state index < -0.39 is 0 Å². The van der Waals surface area contributed by atoms with Crippen LogP contribution in [0, 0.1) is 11.3 Å². The fraction of sp³-hybridized carbons (Fsp3) is 0.100. The third-order valence-corrected chi connectivity index (χ3v) is 1.61. The summed E-state index contributed by atoms with van der Waals surface area (Å²) in [7, 11) is 0. The first-order chi connectivity index (χ1) is 5.77. The summed E-state index contributed by atoms with van der Waals surface area (Å²) in [5.41, 5.74) is 2.15. The molecule has 60 valence electrons. The fourth-order valence-electron chi connectivity index (χ4n) is 0.872. The lowest BCUT2D eigenvalue weighted by molar-refractivity contribution is 0.350. The van der Waals surface area contributed by atoms with Crippen LogP contribution in [0.15, 0.2) is 30.8 Å². The molecule has 1 aromatic carbocycles. The van der Waals surface area contributed by atoms with Gasteiger partial charge in [-0.2, -0.15) is 5.26 Å². The van der Waals surface area contributed by atoms with E-state index in [1.54, 1.807) is 24.3 Å². The van der Waals surface area contributed by atoms with Gasteiger partial charge in [0, 0.05) is 0 Å². The van der Waals surface area contributed by atoms with Crippen molar-refractivity contribution < 1.29 is 5.11 Å². The van der Waals surface area contributed by atoms with Crippen molar-refractivity contribution in [2.45, 2.75) is 0 Å². The van der Waals surface area contributed by atoms with E-state index in [0.717, 1.165) is 5.56 Å². The molecule has 0 bridgehead atoms. The molecule has 12 heavy (non-hydrogen) atoms. The molecule has 0 radical (unpaired) electrons. The third kappa shape index (κ3) is 1.71. The highest BCUT2D eigenvalue weighted by Crippen LogP contribution is 2.11. The molecular formula is C10H9NO. The summed E-state index contributed by atoms with van der Waals surface area (Å²) in [5.74, 6) is 0. The summed E-state index contributed by atoms with van der Waals surface area (Å²) in [6, 6.07) is 8.98. The Morgan fingerprint density at radius 1 is 1.42 bits per heavy atom. The van der Waals surface area contributed by atoms with Crippen LogP contribution in [-0.4, -0.2) is 11.7 Å². The number of nitriles is 1. The van der Waals surface area contributed by atoms with Crippen molar-refractivity contribution in [1.82, 2.24) is 0 Å². The van der Waals surface area contributed by atoms with E-state index in [1.165, 1.54) is 0 Å². The standard InChI is InChI=1S/C10H9NO/c1-8(7-12)10-4-2-9(6-11)3-5-10/h2-5,12H,1,7H2. The van der Waals surface area contributed by atoms with Crippen LogP contribution in [0.1, 0.15) is 11.1 Å². The molecular weight excluding hydrogens is 150 g/mol. The number of aliphatic hydroxyl groups is 1. The highest BCUT2D eigenvalue weighted by Gasteiger charge is 1.96. The van der Waals surface area contributed by atoms with Gasteiger partial charge in [0.2, 0.25) is 0 Å². The molecule has 0 aromatic heterocycles. The van der Waals surface area contributed by atoms with Crippen LogP contribution in [0.25, 0.3) is 5.57 Å². The first-order valence-corrected chi connectivity index (χ1v) is 3.57. The number of rotatable bonds is 2. The summed E-state index contributed by atoms with van der Waals surface area (Å²) < 4.78 is 0. The molecule has 0 fully saturated rings. The molecule has 0 spiro atoms. The summed E-state index contributed by atoms with van der Waals surface area (Å²) >= 11 is 0. The molecule has 1 rings (SSSR count). The highest BCUT2D eigenvalue weighted by molar-refractivity contribution is 5.64. The Kier molecular flexibility index (Phi) is 2.62. The van der Waals surface area contributed by atoms with Crippen LogP contribution < -0.4 is 0 Å². The van der Waals surface area contributed by atoms with Crippen molar-refractivity contribution in [2.24, 2.45) is 0 Å². The summed E-state index contributed by atoms with van der Waals surface area (Å²) in [5, 5.41) is 17.3. The minimum Gasteiger partial charge on any atom is -0.392 e. The van der Waals surface area contributed by atoms with Gasteiger partial charge < -0.3 is 5.11 Å². The first-order valence-electron chi connectivity index (χ1n) is 3.57. The van der Waals surface area contributed by atoms with Crippen LogP contribution in [0.3, 0.4) is 0 Å². The molecule has 1 N–H and O–H groups in total. The lowest BCUT2D eigenvalue weighted by Gasteiger charge is -2.00. The number of benzene rings is 1. The van der Waals surface area contributed by atoms with E-state index in [0.29, 0.717) is 11.1 Å². The van der Waals surface area contributed by atoms with Gasteiger partial charge in [0.15, 0.2) is 0 Å². The zero-order valence-electron chi connectivity index (χ0n) is 6.62. The van der Waals surface area contributed by atoms with E-state index >= 15 is 0 Å². The van der Waals surface area contributed by atoms with Crippen LogP contribution >= 0.6 is 0 Å². The van der Waals surface area contributed by atoms with Gasteiger partial charge in [-0.25, -0.2) is 0 Å². The van der Waals surface area contributed by atoms with Gasteiger partial charge in [-0.3, -0.25) is 0 Å². The van der Waals surface area contributed by atoms with Gasteiger partial charge in [0.25, 0.3) is 0 Å². The molecule has 0 atom stereocenters. The van der Waals surface area contributed by atoms with Crippen molar-refractivity contribution >= 4 is 5.57 Å². The molecule has 2 nitrogen and oxygen atoms in total. The Morgan fingerprint density at radius 2 is 2.00 bits per heavy atom. The van der Waals surface area contributed by atoms with E-state index in [2.05, 4.69) is 6.58 Å².